The fourth-order valence-electron chi connectivity index (χ4n) is 3.33. The summed E-state index contributed by atoms with van der Waals surface area (Å²) in [6.07, 6.45) is 2.06. The third-order valence-corrected chi connectivity index (χ3v) is 5.01. The fourth-order valence-corrected chi connectivity index (χ4v) is 3.33. The Balaban J connectivity index is 1.63. The van der Waals surface area contributed by atoms with Crippen LogP contribution in [-0.2, 0) is 7.05 Å². The van der Waals surface area contributed by atoms with Crippen molar-refractivity contribution in [3.63, 3.8) is 0 Å². The lowest BCUT2D eigenvalue weighted by molar-refractivity contribution is 0.102. The van der Waals surface area contributed by atoms with Gasteiger partial charge in [-0.05, 0) is 53.2 Å². The van der Waals surface area contributed by atoms with Gasteiger partial charge in [0.15, 0.2) is 5.82 Å². The molecule has 0 aliphatic rings. The van der Waals surface area contributed by atoms with Crippen LogP contribution in [0.4, 0.5) is 5.69 Å². The number of amides is 1. The molecular weight excluding hydrogens is 394 g/mol. The van der Waals surface area contributed by atoms with Gasteiger partial charge in [0.25, 0.3) is 5.91 Å². The molecule has 2 N–H and O–H groups in total. The van der Waals surface area contributed by atoms with Crippen LogP contribution in [0, 0.1) is 11.3 Å². The summed E-state index contributed by atoms with van der Waals surface area (Å²) in [6.45, 7) is 2.78. The van der Waals surface area contributed by atoms with Crippen molar-refractivity contribution < 1.29 is 9.53 Å². The van der Waals surface area contributed by atoms with Crippen molar-refractivity contribution in [1.82, 2.24) is 25.2 Å². The normalized spacial score (nSPS) is 10.7. The molecular formula is C22H21N7O2. The number of anilines is 1. The van der Waals surface area contributed by atoms with Gasteiger partial charge >= 0.3 is 0 Å². The van der Waals surface area contributed by atoms with Gasteiger partial charge in [0.1, 0.15) is 11.4 Å². The Morgan fingerprint density at radius 1 is 1.26 bits per heavy atom. The number of rotatable bonds is 7. The second-order valence-electron chi connectivity index (χ2n) is 7.09. The molecule has 2 heterocycles. The van der Waals surface area contributed by atoms with E-state index >= 15 is 0 Å². The minimum atomic E-state index is -0.286. The Bertz CT molecular complexity index is 1270. The first kappa shape index (κ1) is 20.1. The Morgan fingerprint density at radius 2 is 2.13 bits per heavy atom. The van der Waals surface area contributed by atoms with Crippen molar-refractivity contribution in [2.45, 2.75) is 19.8 Å². The van der Waals surface area contributed by atoms with Crippen LogP contribution in [-0.4, -0.2) is 37.7 Å². The van der Waals surface area contributed by atoms with Crippen LogP contribution in [0.25, 0.3) is 22.3 Å². The molecule has 2 aromatic carbocycles. The topological polar surface area (TPSA) is 122 Å². The maximum atomic E-state index is 13.1. The summed E-state index contributed by atoms with van der Waals surface area (Å²) in [6, 6.07) is 14.6. The number of aryl methyl sites for hydroxylation is 1. The lowest BCUT2D eigenvalue weighted by Gasteiger charge is -2.10. The van der Waals surface area contributed by atoms with Crippen LogP contribution in [0.3, 0.4) is 0 Å². The minimum absolute atomic E-state index is 0.286. The third-order valence-electron chi connectivity index (χ3n) is 5.01. The van der Waals surface area contributed by atoms with E-state index in [-0.39, 0.29) is 5.91 Å². The number of carbonyl (C=O) groups excluding carboxylic acids is 1. The number of ether oxygens (including phenoxy) is 1. The van der Waals surface area contributed by atoms with E-state index in [0.29, 0.717) is 34.9 Å². The monoisotopic (exact) mass is 415 g/mol. The van der Waals surface area contributed by atoms with E-state index < -0.39 is 0 Å². The zero-order chi connectivity index (χ0) is 21.8. The zero-order valence-electron chi connectivity index (χ0n) is 17.2. The second-order valence-corrected chi connectivity index (χ2v) is 7.09. The largest absolute Gasteiger partial charge is 0.494 e. The van der Waals surface area contributed by atoms with Crippen LogP contribution < -0.4 is 10.1 Å². The third kappa shape index (κ3) is 4.09. The molecule has 9 heteroatoms. The predicted molar refractivity (Wildman–Crippen MR) is 116 cm³/mol. The molecule has 0 aliphatic carbocycles. The number of fused-ring (bicyclic) bond motifs is 1. The summed E-state index contributed by atoms with van der Waals surface area (Å²) in [4.78, 5) is 13.1. The highest BCUT2D eigenvalue weighted by Crippen LogP contribution is 2.28. The summed E-state index contributed by atoms with van der Waals surface area (Å²) >= 11 is 0. The summed E-state index contributed by atoms with van der Waals surface area (Å²) in [5.41, 5.74) is 2.86. The number of nitrogens with zero attached hydrogens (tertiary/aromatic N) is 5. The van der Waals surface area contributed by atoms with Gasteiger partial charge in [-0.1, -0.05) is 13.3 Å². The van der Waals surface area contributed by atoms with Crippen molar-refractivity contribution >= 4 is 22.5 Å². The molecule has 0 radical (unpaired) electrons. The van der Waals surface area contributed by atoms with Gasteiger partial charge in [0, 0.05) is 24.1 Å². The molecule has 31 heavy (non-hydrogen) atoms. The number of aromatic amines is 1. The number of aromatic nitrogens is 5. The van der Waals surface area contributed by atoms with E-state index in [1.807, 2.05) is 35.9 Å². The number of H-pyrrole nitrogens is 1. The molecule has 0 aliphatic heterocycles. The molecule has 4 rings (SSSR count). The lowest BCUT2D eigenvalue weighted by Crippen LogP contribution is -2.16. The van der Waals surface area contributed by atoms with Crippen molar-refractivity contribution in [1.29, 1.82) is 5.26 Å². The highest BCUT2D eigenvalue weighted by molar-refractivity contribution is 6.08. The quantitative estimate of drug-likeness (QED) is 0.444. The number of unbranched alkanes of at least 4 members (excludes halogenated alkanes) is 1. The van der Waals surface area contributed by atoms with Gasteiger partial charge < -0.3 is 14.6 Å². The smallest absolute Gasteiger partial charge is 0.272 e. The molecule has 0 atom stereocenters. The zero-order valence-corrected chi connectivity index (χ0v) is 17.2. The van der Waals surface area contributed by atoms with Crippen molar-refractivity contribution in [2.24, 2.45) is 7.05 Å². The Kier molecular flexibility index (Phi) is 5.62. The molecule has 156 valence electrons. The number of benzene rings is 2. The number of hydrogen-bond acceptors (Lipinski definition) is 6. The van der Waals surface area contributed by atoms with E-state index in [0.717, 1.165) is 29.5 Å². The summed E-state index contributed by atoms with van der Waals surface area (Å²) in [5.74, 6) is 0.852. The summed E-state index contributed by atoms with van der Waals surface area (Å²) in [5, 5.41) is 26.8. The minimum Gasteiger partial charge on any atom is -0.494 e. The first-order chi connectivity index (χ1) is 15.1. The summed E-state index contributed by atoms with van der Waals surface area (Å²) < 4.78 is 7.62. The van der Waals surface area contributed by atoms with Gasteiger partial charge in [0.2, 0.25) is 0 Å². The van der Waals surface area contributed by atoms with E-state index in [1.54, 1.807) is 18.2 Å². The van der Waals surface area contributed by atoms with E-state index in [9.17, 15) is 10.1 Å². The van der Waals surface area contributed by atoms with E-state index in [1.165, 1.54) is 0 Å². The lowest BCUT2D eigenvalue weighted by atomic mass is 10.1. The van der Waals surface area contributed by atoms with E-state index in [2.05, 4.69) is 38.9 Å². The number of hydrogen-bond donors (Lipinski definition) is 2. The molecule has 0 spiro atoms. The SMILES string of the molecule is CCCCOc1ccc2cc(C(=O)Nc3ccc(C#N)cc3-c3nnn[nH]3)n(C)c2c1. The standard InChI is InChI=1S/C22H21N7O2/c1-3-4-9-31-16-7-6-15-11-20(29(2)19(15)12-16)22(30)24-18-8-5-14(13-23)10-17(18)21-25-27-28-26-21/h5-8,10-12H,3-4,9H2,1-2H3,(H,24,30)(H,25,26,27,28). The fraction of sp³-hybridized carbons (Fsp3) is 0.227. The molecule has 0 unspecified atom stereocenters. The number of carbonyl (C=O) groups is 1. The van der Waals surface area contributed by atoms with Crippen LogP contribution in [0.1, 0.15) is 35.8 Å². The maximum Gasteiger partial charge on any atom is 0.272 e. The molecule has 0 saturated carbocycles. The first-order valence-corrected chi connectivity index (χ1v) is 9.92. The van der Waals surface area contributed by atoms with Crippen LogP contribution >= 0.6 is 0 Å². The Labute approximate surface area is 178 Å². The van der Waals surface area contributed by atoms with Gasteiger partial charge in [-0.2, -0.15) is 5.26 Å². The second kappa shape index (κ2) is 8.67. The molecule has 1 amide bonds. The number of tetrazole rings is 1. The molecule has 0 bridgehead atoms. The van der Waals surface area contributed by atoms with Gasteiger partial charge in [-0.15, -0.1) is 5.10 Å². The number of nitriles is 1. The van der Waals surface area contributed by atoms with E-state index in [4.69, 9.17) is 4.74 Å². The van der Waals surface area contributed by atoms with Crippen molar-refractivity contribution in [2.75, 3.05) is 11.9 Å². The first-order valence-electron chi connectivity index (χ1n) is 9.92. The average molecular weight is 415 g/mol. The predicted octanol–water partition coefficient (Wildman–Crippen LogP) is 3.66. The highest BCUT2D eigenvalue weighted by Gasteiger charge is 2.17. The molecule has 9 nitrogen and oxygen atoms in total. The van der Waals surface area contributed by atoms with Crippen LogP contribution in [0.15, 0.2) is 42.5 Å². The molecule has 0 fully saturated rings. The Morgan fingerprint density at radius 3 is 2.87 bits per heavy atom. The maximum absolute atomic E-state index is 13.1. The molecule has 4 aromatic rings. The Hall–Kier alpha value is -4.19. The summed E-state index contributed by atoms with van der Waals surface area (Å²) in [7, 11) is 1.84. The van der Waals surface area contributed by atoms with Crippen molar-refractivity contribution in [3.05, 3.63) is 53.7 Å². The molecule has 2 aromatic heterocycles. The van der Waals surface area contributed by atoms with Crippen molar-refractivity contribution in [3.8, 4) is 23.2 Å². The van der Waals surface area contributed by atoms with Gasteiger partial charge in [0.05, 0.1) is 29.4 Å². The highest BCUT2D eigenvalue weighted by atomic mass is 16.5. The number of nitrogens with one attached hydrogen (secondary N) is 2. The van der Waals surface area contributed by atoms with Crippen LogP contribution in [0.5, 0.6) is 5.75 Å². The van der Waals surface area contributed by atoms with Gasteiger partial charge in [-0.25, -0.2) is 5.10 Å². The van der Waals surface area contributed by atoms with Crippen LogP contribution in [0.2, 0.25) is 0 Å². The average Bonchev–Trinajstić information content (AvgIpc) is 3.43. The van der Waals surface area contributed by atoms with Gasteiger partial charge in [-0.3, -0.25) is 4.79 Å². The molecule has 0 saturated heterocycles.